The molecule has 0 bridgehead atoms. The van der Waals surface area contributed by atoms with Gasteiger partial charge in [0.1, 0.15) is 11.6 Å². The van der Waals surface area contributed by atoms with Crippen LogP contribution in [-0.4, -0.2) is 16.5 Å². The number of thiophene rings is 1. The Morgan fingerprint density at radius 1 is 1.29 bits per heavy atom. The summed E-state index contributed by atoms with van der Waals surface area (Å²) in [4.78, 5) is 10.4. The van der Waals surface area contributed by atoms with Gasteiger partial charge < -0.3 is 5.32 Å². The van der Waals surface area contributed by atoms with Gasteiger partial charge in [-0.15, -0.1) is 11.3 Å². The molecular formula is C13H17N3S. The van der Waals surface area contributed by atoms with Crippen LogP contribution in [0.25, 0.3) is 11.3 Å². The smallest absolute Gasteiger partial charge is 0.131 e. The van der Waals surface area contributed by atoms with Crippen molar-refractivity contribution in [3.63, 3.8) is 0 Å². The zero-order valence-corrected chi connectivity index (χ0v) is 11.3. The molecule has 90 valence electrons. The van der Waals surface area contributed by atoms with Gasteiger partial charge in [-0.2, -0.15) is 0 Å². The van der Waals surface area contributed by atoms with Crippen LogP contribution in [0.1, 0.15) is 24.5 Å². The molecule has 0 aliphatic rings. The van der Waals surface area contributed by atoms with Gasteiger partial charge in [-0.1, -0.05) is 6.92 Å². The van der Waals surface area contributed by atoms with Gasteiger partial charge in [-0.25, -0.2) is 9.97 Å². The lowest BCUT2D eigenvalue weighted by Crippen LogP contribution is -2.04. The van der Waals surface area contributed by atoms with Gasteiger partial charge in [0, 0.05) is 29.5 Å². The lowest BCUT2D eigenvalue weighted by molar-refractivity contribution is 0.939. The van der Waals surface area contributed by atoms with E-state index in [4.69, 9.17) is 0 Å². The summed E-state index contributed by atoms with van der Waals surface area (Å²) in [5.74, 6) is 1.81. The van der Waals surface area contributed by atoms with Crippen LogP contribution in [0, 0.1) is 6.92 Å². The van der Waals surface area contributed by atoms with Crippen LogP contribution in [0.15, 0.2) is 17.5 Å². The van der Waals surface area contributed by atoms with E-state index >= 15 is 0 Å². The summed E-state index contributed by atoms with van der Waals surface area (Å²) < 4.78 is 0. The van der Waals surface area contributed by atoms with Gasteiger partial charge in [0.25, 0.3) is 0 Å². The Labute approximate surface area is 106 Å². The van der Waals surface area contributed by atoms with E-state index < -0.39 is 0 Å². The van der Waals surface area contributed by atoms with Crippen molar-refractivity contribution in [1.29, 1.82) is 0 Å². The Morgan fingerprint density at radius 3 is 2.71 bits per heavy atom. The summed E-state index contributed by atoms with van der Waals surface area (Å²) in [7, 11) is 0. The second-order valence-corrected chi connectivity index (χ2v) is 4.95. The molecule has 2 aromatic heterocycles. The molecule has 0 saturated heterocycles. The van der Waals surface area contributed by atoms with E-state index in [2.05, 4.69) is 47.5 Å². The minimum atomic E-state index is 0.857. The SMILES string of the molecule is CCNc1cc(-c2ccsc2C)nc(CC)n1. The molecule has 0 atom stereocenters. The molecule has 0 amide bonds. The van der Waals surface area contributed by atoms with E-state index in [0.29, 0.717) is 0 Å². The summed E-state index contributed by atoms with van der Waals surface area (Å²) in [5, 5.41) is 5.36. The first kappa shape index (κ1) is 12.0. The maximum atomic E-state index is 4.59. The molecular weight excluding hydrogens is 230 g/mol. The number of aryl methyl sites for hydroxylation is 2. The minimum absolute atomic E-state index is 0.857. The van der Waals surface area contributed by atoms with E-state index in [-0.39, 0.29) is 0 Å². The van der Waals surface area contributed by atoms with Crippen molar-refractivity contribution < 1.29 is 0 Å². The first-order chi connectivity index (χ1) is 8.24. The second-order valence-electron chi connectivity index (χ2n) is 3.83. The van der Waals surface area contributed by atoms with Crippen molar-refractivity contribution in [1.82, 2.24) is 9.97 Å². The quantitative estimate of drug-likeness (QED) is 0.898. The van der Waals surface area contributed by atoms with E-state index in [1.54, 1.807) is 11.3 Å². The van der Waals surface area contributed by atoms with Crippen LogP contribution >= 0.6 is 11.3 Å². The van der Waals surface area contributed by atoms with Crippen molar-refractivity contribution in [3.8, 4) is 11.3 Å². The largest absolute Gasteiger partial charge is 0.370 e. The molecule has 17 heavy (non-hydrogen) atoms. The number of nitrogens with one attached hydrogen (secondary N) is 1. The second kappa shape index (κ2) is 5.27. The fourth-order valence-electron chi connectivity index (χ4n) is 1.72. The molecule has 0 saturated carbocycles. The topological polar surface area (TPSA) is 37.8 Å². The molecule has 4 heteroatoms. The number of aromatic nitrogens is 2. The fourth-order valence-corrected chi connectivity index (χ4v) is 2.42. The molecule has 0 spiro atoms. The van der Waals surface area contributed by atoms with Crippen LogP contribution in [0.4, 0.5) is 5.82 Å². The third kappa shape index (κ3) is 2.64. The van der Waals surface area contributed by atoms with Gasteiger partial charge in [-0.3, -0.25) is 0 Å². The van der Waals surface area contributed by atoms with E-state index in [1.807, 2.05) is 6.07 Å². The van der Waals surface area contributed by atoms with Gasteiger partial charge >= 0.3 is 0 Å². The van der Waals surface area contributed by atoms with E-state index in [0.717, 1.165) is 30.3 Å². The normalized spacial score (nSPS) is 10.5. The van der Waals surface area contributed by atoms with Gasteiger partial charge in [0.05, 0.1) is 5.69 Å². The molecule has 2 aromatic rings. The van der Waals surface area contributed by atoms with Gasteiger partial charge in [0.15, 0.2) is 0 Å². The maximum absolute atomic E-state index is 4.59. The lowest BCUT2D eigenvalue weighted by atomic mass is 10.2. The van der Waals surface area contributed by atoms with Gasteiger partial charge in [0.2, 0.25) is 0 Å². The van der Waals surface area contributed by atoms with Crippen molar-refractivity contribution in [3.05, 3.63) is 28.2 Å². The molecule has 1 N–H and O–H groups in total. The van der Waals surface area contributed by atoms with Crippen LogP contribution in [0.2, 0.25) is 0 Å². The monoisotopic (exact) mass is 247 g/mol. The Hall–Kier alpha value is -1.42. The highest BCUT2D eigenvalue weighted by Crippen LogP contribution is 2.27. The average Bonchev–Trinajstić information content (AvgIpc) is 2.75. The van der Waals surface area contributed by atoms with Crippen LogP contribution in [0.3, 0.4) is 0 Å². The summed E-state index contributed by atoms with van der Waals surface area (Å²) in [5.41, 5.74) is 2.23. The zero-order chi connectivity index (χ0) is 12.3. The first-order valence-corrected chi connectivity index (χ1v) is 6.78. The summed E-state index contributed by atoms with van der Waals surface area (Å²) >= 11 is 1.75. The highest BCUT2D eigenvalue weighted by atomic mass is 32.1. The number of hydrogen-bond donors (Lipinski definition) is 1. The van der Waals surface area contributed by atoms with Crippen LogP contribution < -0.4 is 5.32 Å². The zero-order valence-electron chi connectivity index (χ0n) is 10.4. The molecule has 0 unspecified atom stereocenters. The van der Waals surface area contributed by atoms with Crippen molar-refractivity contribution in [2.45, 2.75) is 27.2 Å². The third-order valence-electron chi connectivity index (χ3n) is 2.58. The van der Waals surface area contributed by atoms with Crippen LogP contribution in [0.5, 0.6) is 0 Å². The standard InChI is InChI=1S/C13H17N3S/c1-4-12-15-11(8-13(16-12)14-5-2)10-6-7-17-9(10)3/h6-8H,4-5H2,1-3H3,(H,14,15,16). The highest BCUT2D eigenvalue weighted by molar-refractivity contribution is 7.10. The molecule has 3 nitrogen and oxygen atoms in total. The Kier molecular flexibility index (Phi) is 3.74. The van der Waals surface area contributed by atoms with Crippen molar-refractivity contribution >= 4 is 17.2 Å². The molecule has 2 rings (SSSR count). The molecule has 0 aliphatic carbocycles. The predicted octanol–water partition coefficient (Wildman–Crippen LogP) is 3.51. The van der Waals surface area contributed by atoms with Crippen molar-refractivity contribution in [2.24, 2.45) is 0 Å². The fraction of sp³-hybridized carbons (Fsp3) is 0.385. The third-order valence-corrected chi connectivity index (χ3v) is 3.43. The van der Waals surface area contributed by atoms with Crippen LogP contribution in [-0.2, 0) is 6.42 Å². The predicted molar refractivity (Wildman–Crippen MR) is 73.6 cm³/mol. The summed E-state index contributed by atoms with van der Waals surface area (Å²) in [6, 6.07) is 4.15. The van der Waals surface area contributed by atoms with E-state index in [9.17, 15) is 0 Å². The summed E-state index contributed by atoms with van der Waals surface area (Å²) in [6.07, 6.45) is 0.857. The molecule has 0 aromatic carbocycles. The number of hydrogen-bond acceptors (Lipinski definition) is 4. The Morgan fingerprint density at radius 2 is 2.12 bits per heavy atom. The van der Waals surface area contributed by atoms with Crippen molar-refractivity contribution in [2.75, 3.05) is 11.9 Å². The molecule has 2 heterocycles. The Balaban J connectivity index is 2.46. The molecule has 0 radical (unpaired) electrons. The number of rotatable bonds is 4. The maximum Gasteiger partial charge on any atom is 0.131 e. The summed E-state index contributed by atoms with van der Waals surface area (Å²) in [6.45, 7) is 7.15. The Bertz CT molecular complexity index is 505. The highest BCUT2D eigenvalue weighted by Gasteiger charge is 2.08. The van der Waals surface area contributed by atoms with E-state index in [1.165, 1.54) is 10.4 Å². The molecule has 0 aliphatic heterocycles. The lowest BCUT2D eigenvalue weighted by Gasteiger charge is -2.07. The van der Waals surface area contributed by atoms with Gasteiger partial charge in [-0.05, 0) is 25.3 Å². The average molecular weight is 247 g/mol. The number of anilines is 1. The minimum Gasteiger partial charge on any atom is -0.370 e. The molecule has 0 fully saturated rings. The first-order valence-electron chi connectivity index (χ1n) is 5.90. The number of nitrogens with zero attached hydrogens (tertiary/aromatic N) is 2.